The van der Waals surface area contributed by atoms with Crippen LogP contribution in [0.25, 0.3) is 22.0 Å². The number of nitrogens with zero attached hydrogens (tertiary/aromatic N) is 1. The number of aromatic nitrogens is 1. The zero-order valence-corrected chi connectivity index (χ0v) is 16.8. The fraction of sp³-hybridized carbons (Fsp3) is 0.348. The van der Waals surface area contributed by atoms with Crippen LogP contribution in [-0.2, 0) is 0 Å². The lowest BCUT2D eigenvalue weighted by Gasteiger charge is -2.31. The Hall–Kier alpha value is -3.00. The molecule has 0 saturated carbocycles. The number of anilines is 1. The molecule has 0 bridgehead atoms. The van der Waals surface area contributed by atoms with Crippen LogP contribution in [0.4, 0.5) is 18.9 Å². The van der Waals surface area contributed by atoms with Crippen molar-refractivity contribution in [3.05, 3.63) is 58.9 Å². The monoisotopic (exact) mass is 432 g/mol. The quantitative estimate of drug-likeness (QED) is 0.620. The third-order valence-corrected chi connectivity index (χ3v) is 5.65. The van der Waals surface area contributed by atoms with Gasteiger partial charge >= 0.3 is 6.36 Å². The number of H-pyrrole nitrogens is 1. The van der Waals surface area contributed by atoms with Gasteiger partial charge in [-0.2, -0.15) is 0 Å². The molecule has 164 valence electrons. The van der Waals surface area contributed by atoms with Crippen LogP contribution in [-0.4, -0.2) is 35.6 Å². The first-order chi connectivity index (χ1) is 14.9. The van der Waals surface area contributed by atoms with Crippen molar-refractivity contribution < 1.29 is 23.0 Å². The predicted octanol–water partition coefficient (Wildman–Crippen LogP) is 4.84. The Bertz CT molecular complexity index is 1130. The highest BCUT2D eigenvalue weighted by molar-refractivity contribution is 5.88. The van der Waals surface area contributed by atoms with E-state index in [9.17, 15) is 23.1 Å². The van der Waals surface area contributed by atoms with Gasteiger partial charge in [-0.05, 0) is 48.6 Å². The molecule has 2 N–H and O–H groups in total. The first-order valence-corrected chi connectivity index (χ1v) is 10.3. The predicted molar refractivity (Wildman–Crippen MR) is 113 cm³/mol. The van der Waals surface area contributed by atoms with E-state index >= 15 is 0 Å². The molecule has 1 saturated heterocycles. The number of pyridine rings is 1. The zero-order chi connectivity index (χ0) is 22.0. The Morgan fingerprint density at radius 2 is 1.90 bits per heavy atom. The highest BCUT2D eigenvalue weighted by Gasteiger charge is 2.32. The van der Waals surface area contributed by atoms with Crippen molar-refractivity contribution in [3.63, 3.8) is 0 Å². The van der Waals surface area contributed by atoms with Gasteiger partial charge in [0.25, 0.3) is 5.56 Å². The van der Waals surface area contributed by atoms with Gasteiger partial charge in [0.1, 0.15) is 5.75 Å². The summed E-state index contributed by atoms with van der Waals surface area (Å²) >= 11 is 0. The van der Waals surface area contributed by atoms with Gasteiger partial charge in [0.15, 0.2) is 0 Å². The van der Waals surface area contributed by atoms with Gasteiger partial charge in [-0.15, -0.1) is 13.2 Å². The summed E-state index contributed by atoms with van der Waals surface area (Å²) < 4.78 is 42.4. The third kappa shape index (κ3) is 4.69. The number of hydrogen-bond donors (Lipinski definition) is 2. The number of ether oxygens (including phenoxy) is 1. The highest BCUT2D eigenvalue weighted by atomic mass is 19.4. The van der Waals surface area contributed by atoms with Crippen LogP contribution < -0.4 is 15.2 Å². The minimum Gasteiger partial charge on any atom is -0.405 e. The number of benzene rings is 2. The fourth-order valence-corrected chi connectivity index (χ4v) is 4.18. The number of halogens is 3. The average molecular weight is 432 g/mol. The molecule has 0 amide bonds. The number of hydrogen-bond acceptors (Lipinski definition) is 4. The molecule has 1 fully saturated rings. The van der Waals surface area contributed by atoms with Crippen LogP contribution in [0.2, 0.25) is 0 Å². The molecule has 1 aliphatic rings. The second kappa shape index (κ2) is 8.63. The first-order valence-electron chi connectivity index (χ1n) is 10.3. The molecule has 3 aromatic rings. The molecule has 1 unspecified atom stereocenters. The first kappa shape index (κ1) is 21.2. The Morgan fingerprint density at radius 1 is 1.10 bits per heavy atom. The molecule has 1 aromatic heterocycles. The molecule has 31 heavy (non-hydrogen) atoms. The normalized spacial score (nSPS) is 17.5. The van der Waals surface area contributed by atoms with E-state index in [0.717, 1.165) is 37.9 Å². The Kier molecular flexibility index (Phi) is 5.91. The molecule has 2 aromatic carbocycles. The van der Waals surface area contributed by atoms with Gasteiger partial charge in [-0.3, -0.25) is 4.79 Å². The number of alkyl halides is 3. The van der Waals surface area contributed by atoms with Gasteiger partial charge in [-0.1, -0.05) is 31.0 Å². The van der Waals surface area contributed by atoms with Crippen LogP contribution >= 0.6 is 0 Å². The summed E-state index contributed by atoms with van der Waals surface area (Å²) in [6, 6.07) is 12.8. The Labute approximate surface area is 177 Å². The molecular formula is C23H23F3N2O3. The summed E-state index contributed by atoms with van der Waals surface area (Å²) in [5.41, 5.74) is 0.850. The standard InChI is InChI=1S/C23H23F3N2O3/c24-23(25,26)31-21-8-4-3-7-18(21)20-12-15-9-10-16(13-19(15)22(30)27-20)28-11-5-1-2-6-17(28)14-29/h3-4,7-10,12-13,17,29H,1-2,5-6,11,14H2,(H,27,30). The summed E-state index contributed by atoms with van der Waals surface area (Å²) in [5.74, 6) is -0.378. The van der Waals surface area contributed by atoms with Crippen molar-refractivity contribution in [2.75, 3.05) is 18.1 Å². The van der Waals surface area contributed by atoms with Gasteiger partial charge in [0.05, 0.1) is 18.3 Å². The van der Waals surface area contributed by atoms with Gasteiger partial charge < -0.3 is 19.7 Å². The van der Waals surface area contributed by atoms with Crippen LogP contribution in [0.1, 0.15) is 25.7 Å². The van der Waals surface area contributed by atoms with Gasteiger partial charge in [-0.25, -0.2) is 0 Å². The second-order valence-corrected chi connectivity index (χ2v) is 7.71. The van der Waals surface area contributed by atoms with E-state index in [1.165, 1.54) is 18.2 Å². The van der Waals surface area contributed by atoms with Crippen molar-refractivity contribution in [1.29, 1.82) is 0 Å². The minimum atomic E-state index is -4.83. The number of aliphatic hydroxyl groups is 1. The Balaban J connectivity index is 1.75. The van der Waals surface area contributed by atoms with E-state index in [-0.39, 0.29) is 29.7 Å². The van der Waals surface area contributed by atoms with Crippen molar-refractivity contribution in [2.24, 2.45) is 0 Å². The summed E-state index contributed by atoms with van der Waals surface area (Å²) in [7, 11) is 0. The fourth-order valence-electron chi connectivity index (χ4n) is 4.18. The molecule has 0 aliphatic carbocycles. The Morgan fingerprint density at radius 3 is 2.68 bits per heavy atom. The molecule has 0 radical (unpaired) electrons. The number of rotatable bonds is 4. The molecule has 5 nitrogen and oxygen atoms in total. The lowest BCUT2D eigenvalue weighted by Crippen LogP contribution is -2.37. The van der Waals surface area contributed by atoms with Crippen molar-refractivity contribution in [1.82, 2.24) is 4.98 Å². The summed E-state index contributed by atoms with van der Waals surface area (Å²) in [6.07, 6.45) is -0.777. The number of nitrogens with one attached hydrogen (secondary N) is 1. The lowest BCUT2D eigenvalue weighted by atomic mass is 10.0. The number of para-hydroxylation sites is 1. The van der Waals surface area contributed by atoms with Crippen LogP contribution in [0.3, 0.4) is 0 Å². The number of aromatic amines is 1. The van der Waals surface area contributed by atoms with E-state index in [1.54, 1.807) is 24.3 Å². The van der Waals surface area contributed by atoms with Gasteiger partial charge in [0.2, 0.25) is 0 Å². The number of fused-ring (bicyclic) bond motifs is 1. The average Bonchev–Trinajstić information content (AvgIpc) is 2.98. The van der Waals surface area contributed by atoms with Crippen LogP contribution in [0.15, 0.2) is 53.3 Å². The van der Waals surface area contributed by atoms with E-state index < -0.39 is 11.9 Å². The van der Waals surface area contributed by atoms with E-state index in [2.05, 4.69) is 14.6 Å². The van der Waals surface area contributed by atoms with Crippen molar-refractivity contribution >= 4 is 16.5 Å². The highest BCUT2D eigenvalue weighted by Crippen LogP contribution is 2.34. The topological polar surface area (TPSA) is 65.6 Å². The molecular weight excluding hydrogens is 409 g/mol. The smallest absolute Gasteiger partial charge is 0.405 e. The molecule has 1 atom stereocenters. The maximum atomic E-state index is 12.8. The summed E-state index contributed by atoms with van der Waals surface area (Å²) in [6.45, 7) is 0.845. The lowest BCUT2D eigenvalue weighted by molar-refractivity contribution is -0.274. The summed E-state index contributed by atoms with van der Waals surface area (Å²) in [4.78, 5) is 17.7. The minimum absolute atomic E-state index is 0.00435. The van der Waals surface area contributed by atoms with E-state index in [4.69, 9.17) is 0 Å². The SMILES string of the molecule is O=c1[nH]c(-c2ccccc2OC(F)(F)F)cc2ccc(N3CCCCCC3CO)cc12. The third-order valence-electron chi connectivity index (χ3n) is 5.65. The van der Waals surface area contributed by atoms with Crippen LogP contribution in [0, 0.1) is 0 Å². The zero-order valence-electron chi connectivity index (χ0n) is 16.8. The van der Waals surface area contributed by atoms with E-state index in [0.29, 0.717) is 10.8 Å². The second-order valence-electron chi connectivity index (χ2n) is 7.71. The molecule has 1 aliphatic heterocycles. The van der Waals surface area contributed by atoms with Gasteiger partial charge in [0, 0.05) is 23.2 Å². The largest absolute Gasteiger partial charge is 0.573 e. The molecule has 0 spiro atoms. The maximum Gasteiger partial charge on any atom is 0.573 e. The van der Waals surface area contributed by atoms with Crippen molar-refractivity contribution in [2.45, 2.75) is 38.1 Å². The number of aliphatic hydroxyl groups excluding tert-OH is 1. The molecule has 4 rings (SSSR count). The van der Waals surface area contributed by atoms with Crippen LogP contribution in [0.5, 0.6) is 5.75 Å². The summed E-state index contributed by atoms with van der Waals surface area (Å²) in [5, 5.41) is 10.8. The molecule has 2 heterocycles. The maximum absolute atomic E-state index is 12.8. The molecule has 8 heteroatoms. The van der Waals surface area contributed by atoms with E-state index in [1.807, 2.05) is 6.07 Å². The van der Waals surface area contributed by atoms with Crippen molar-refractivity contribution in [3.8, 4) is 17.0 Å².